The van der Waals surface area contributed by atoms with Crippen molar-refractivity contribution in [3.8, 4) is 0 Å². The van der Waals surface area contributed by atoms with Crippen LogP contribution in [0.3, 0.4) is 0 Å². The summed E-state index contributed by atoms with van der Waals surface area (Å²) >= 11 is 0. The second-order valence-corrected chi connectivity index (χ2v) is 7.84. The van der Waals surface area contributed by atoms with Gasteiger partial charge in [-0.15, -0.1) is 0 Å². The van der Waals surface area contributed by atoms with Crippen molar-refractivity contribution in [2.75, 3.05) is 25.0 Å². The standard InChI is InChI=1S/C18H28F3N5O/c1-4-11(2)23-17(27)10-25-6-5-13(9-25)14-8-16-22-12(3)7-15(18(19,20)21)26(16)24-14/h8,11-13,15,22H,4-7,9-10H2,1-3H3,(H,23,27)/t11-,12-,13+,15-/m1/s1. The lowest BCUT2D eigenvalue weighted by Crippen LogP contribution is -2.40. The number of hydrogen-bond donors (Lipinski definition) is 2. The van der Waals surface area contributed by atoms with Gasteiger partial charge in [-0.1, -0.05) is 6.92 Å². The van der Waals surface area contributed by atoms with Gasteiger partial charge in [0, 0.05) is 30.6 Å². The molecule has 0 radical (unpaired) electrons. The molecule has 0 aliphatic carbocycles. The lowest BCUT2D eigenvalue weighted by Gasteiger charge is -2.31. The topological polar surface area (TPSA) is 62.2 Å². The van der Waals surface area contributed by atoms with Crippen LogP contribution in [0.5, 0.6) is 0 Å². The van der Waals surface area contributed by atoms with Crippen LogP contribution in [0.4, 0.5) is 19.0 Å². The highest BCUT2D eigenvalue weighted by Crippen LogP contribution is 2.40. The Hall–Kier alpha value is -1.77. The fourth-order valence-corrected chi connectivity index (χ4v) is 3.82. The number of rotatable bonds is 5. The van der Waals surface area contributed by atoms with Gasteiger partial charge in [0.1, 0.15) is 5.82 Å². The molecule has 2 N–H and O–H groups in total. The molecular weight excluding hydrogens is 359 g/mol. The van der Waals surface area contributed by atoms with Gasteiger partial charge in [0.15, 0.2) is 6.04 Å². The molecule has 3 rings (SSSR count). The number of hydrogen-bond acceptors (Lipinski definition) is 4. The quantitative estimate of drug-likeness (QED) is 0.816. The highest BCUT2D eigenvalue weighted by Gasteiger charge is 2.46. The molecule has 0 spiro atoms. The lowest BCUT2D eigenvalue weighted by molar-refractivity contribution is -0.173. The zero-order valence-electron chi connectivity index (χ0n) is 16.0. The van der Waals surface area contributed by atoms with Crippen LogP contribution >= 0.6 is 0 Å². The minimum absolute atomic E-state index is 0.0123. The lowest BCUT2D eigenvalue weighted by atomic mass is 10.0. The monoisotopic (exact) mass is 387 g/mol. The summed E-state index contributed by atoms with van der Waals surface area (Å²) in [6.07, 6.45) is -2.67. The van der Waals surface area contributed by atoms with E-state index in [-0.39, 0.29) is 30.3 Å². The number of carbonyl (C=O) groups is 1. The number of nitrogens with one attached hydrogen (secondary N) is 2. The molecule has 6 nitrogen and oxygen atoms in total. The SMILES string of the molecule is CC[C@@H](C)NC(=O)CN1CC[C@H](c2cc3n(n2)[C@@H](C(F)(F)F)C[C@@H](C)N3)C1. The van der Waals surface area contributed by atoms with E-state index in [1.807, 2.05) is 18.7 Å². The van der Waals surface area contributed by atoms with E-state index in [1.54, 1.807) is 13.0 Å². The van der Waals surface area contributed by atoms with Crippen LogP contribution in [0.25, 0.3) is 0 Å². The van der Waals surface area contributed by atoms with E-state index in [0.29, 0.717) is 24.6 Å². The Bertz CT molecular complexity index is 674. The molecule has 3 heterocycles. The number of fused-ring (bicyclic) bond motifs is 1. The van der Waals surface area contributed by atoms with Crippen LogP contribution in [-0.4, -0.2) is 58.5 Å². The first-order chi connectivity index (χ1) is 12.7. The number of halogens is 3. The molecule has 0 unspecified atom stereocenters. The normalized spacial score (nSPS) is 27.1. The Morgan fingerprint density at radius 3 is 2.89 bits per heavy atom. The van der Waals surface area contributed by atoms with E-state index < -0.39 is 12.2 Å². The first kappa shape index (κ1) is 20.0. The summed E-state index contributed by atoms with van der Waals surface area (Å²) in [7, 11) is 0. The third-order valence-corrected chi connectivity index (χ3v) is 5.48. The molecule has 1 saturated heterocycles. The molecule has 152 valence electrons. The maximum absolute atomic E-state index is 13.4. The number of aromatic nitrogens is 2. The van der Waals surface area contributed by atoms with Crippen molar-refractivity contribution >= 4 is 11.7 Å². The average Bonchev–Trinajstić information content (AvgIpc) is 3.19. The number of carbonyl (C=O) groups excluding carboxylic acids is 1. The number of anilines is 1. The van der Waals surface area contributed by atoms with E-state index in [1.165, 1.54) is 0 Å². The summed E-state index contributed by atoms with van der Waals surface area (Å²) < 4.78 is 41.2. The van der Waals surface area contributed by atoms with E-state index in [2.05, 4.69) is 15.7 Å². The van der Waals surface area contributed by atoms with Gasteiger partial charge < -0.3 is 10.6 Å². The fraction of sp³-hybridized carbons (Fsp3) is 0.778. The van der Waals surface area contributed by atoms with Crippen LogP contribution in [0.1, 0.15) is 57.7 Å². The third kappa shape index (κ3) is 4.56. The predicted molar refractivity (Wildman–Crippen MR) is 96.7 cm³/mol. The van der Waals surface area contributed by atoms with Crippen LogP contribution in [0.2, 0.25) is 0 Å². The van der Waals surface area contributed by atoms with E-state index >= 15 is 0 Å². The fourth-order valence-electron chi connectivity index (χ4n) is 3.82. The Morgan fingerprint density at radius 1 is 1.48 bits per heavy atom. The number of likely N-dealkylation sites (tertiary alicyclic amines) is 1. The van der Waals surface area contributed by atoms with Gasteiger partial charge in [0.05, 0.1) is 12.2 Å². The Kier molecular flexibility index (Phi) is 5.69. The summed E-state index contributed by atoms with van der Waals surface area (Å²) in [5.74, 6) is 0.464. The molecule has 1 amide bonds. The van der Waals surface area contributed by atoms with Crippen molar-refractivity contribution in [3.63, 3.8) is 0 Å². The van der Waals surface area contributed by atoms with Gasteiger partial charge in [-0.05, 0) is 39.7 Å². The largest absolute Gasteiger partial charge is 0.410 e. The molecule has 0 aromatic carbocycles. The molecule has 2 aliphatic rings. The van der Waals surface area contributed by atoms with Crippen molar-refractivity contribution in [3.05, 3.63) is 11.8 Å². The summed E-state index contributed by atoms with van der Waals surface area (Å²) in [6, 6.07) is 0.0411. The summed E-state index contributed by atoms with van der Waals surface area (Å²) in [6.45, 7) is 7.42. The van der Waals surface area contributed by atoms with Gasteiger partial charge in [0.25, 0.3) is 0 Å². The minimum atomic E-state index is -4.32. The number of alkyl halides is 3. The van der Waals surface area contributed by atoms with Crippen LogP contribution in [0.15, 0.2) is 6.07 Å². The Labute approximate surface area is 157 Å². The molecule has 0 saturated carbocycles. The van der Waals surface area contributed by atoms with Gasteiger partial charge in [-0.3, -0.25) is 9.69 Å². The van der Waals surface area contributed by atoms with Crippen molar-refractivity contribution in [1.82, 2.24) is 20.0 Å². The van der Waals surface area contributed by atoms with Crippen LogP contribution in [-0.2, 0) is 4.79 Å². The van der Waals surface area contributed by atoms with E-state index in [4.69, 9.17) is 0 Å². The second-order valence-electron chi connectivity index (χ2n) is 7.84. The number of amides is 1. The van der Waals surface area contributed by atoms with E-state index in [0.717, 1.165) is 24.1 Å². The molecule has 27 heavy (non-hydrogen) atoms. The highest BCUT2D eigenvalue weighted by molar-refractivity contribution is 5.78. The smallest absolute Gasteiger partial charge is 0.368 e. The molecule has 9 heteroatoms. The minimum Gasteiger partial charge on any atom is -0.368 e. The van der Waals surface area contributed by atoms with Crippen LogP contribution in [0, 0.1) is 0 Å². The van der Waals surface area contributed by atoms with Crippen molar-refractivity contribution in [2.45, 2.75) is 70.3 Å². The van der Waals surface area contributed by atoms with Gasteiger partial charge in [-0.25, -0.2) is 4.68 Å². The first-order valence-electron chi connectivity index (χ1n) is 9.61. The van der Waals surface area contributed by atoms with Gasteiger partial charge >= 0.3 is 6.18 Å². The maximum atomic E-state index is 13.4. The summed E-state index contributed by atoms with van der Waals surface area (Å²) in [5, 5.41) is 10.3. The summed E-state index contributed by atoms with van der Waals surface area (Å²) in [5.41, 5.74) is 0.672. The third-order valence-electron chi connectivity index (χ3n) is 5.48. The molecule has 1 aromatic heterocycles. The van der Waals surface area contributed by atoms with E-state index in [9.17, 15) is 18.0 Å². The van der Waals surface area contributed by atoms with Crippen molar-refractivity contribution in [2.24, 2.45) is 0 Å². The van der Waals surface area contributed by atoms with Gasteiger partial charge in [0.2, 0.25) is 5.91 Å². The Balaban J connectivity index is 1.66. The maximum Gasteiger partial charge on any atom is 0.410 e. The first-order valence-corrected chi connectivity index (χ1v) is 9.61. The molecule has 2 aliphatic heterocycles. The average molecular weight is 387 g/mol. The predicted octanol–water partition coefficient (Wildman–Crippen LogP) is 2.89. The molecule has 0 bridgehead atoms. The number of nitrogens with zero attached hydrogens (tertiary/aromatic N) is 3. The Morgan fingerprint density at radius 2 is 2.22 bits per heavy atom. The zero-order chi connectivity index (χ0) is 19.8. The zero-order valence-corrected chi connectivity index (χ0v) is 16.0. The second kappa shape index (κ2) is 7.69. The molecule has 1 aromatic rings. The van der Waals surface area contributed by atoms with Crippen LogP contribution < -0.4 is 10.6 Å². The molecule has 1 fully saturated rings. The summed E-state index contributed by atoms with van der Waals surface area (Å²) in [4.78, 5) is 14.1. The molecule has 4 atom stereocenters. The van der Waals surface area contributed by atoms with Crippen molar-refractivity contribution < 1.29 is 18.0 Å². The highest BCUT2D eigenvalue weighted by atomic mass is 19.4. The van der Waals surface area contributed by atoms with Gasteiger partial charge in [-0.2, -0.15) is 18.3 Å². The van der Waals surface area contributed by atoms with Crippen molar-refractivity contribution in [1.29, 1.82) is 0 Å². The molecular formula is C18H28F3N5O.